The summed E-state index contributed by atoms with van der Waals surface area (Å²) >= 11 is 3.38. The normalized spacial score (nSPS) is 17.8. The van der Waals surface area contributed by atoms with Gasteiger partial charge in [-0.15, -0.1) is 0 Å². The molecule has 1 fully saturated rings. The highest BCUT2D eigenvalue weighted by atomic mass is 79.9. The number of halogens is 1. The van der Waals surface area contributed by atoms with Gasteiger partial charge in [-0.05, 0) is 42.9 Å². The lowest BCUT2D eigenvalue weighted by molar-refractivity contribution is 0.104. The van der Waals surface area contributed by atoms with Gasteiger partial charge < -0.3 is 20.3 Å². The summed E-state index contributed by atoms with van der Waals surface area (Å²) in [4.78, 5) is 0. The maximum Gasteiger partial charge on any atom is 0.120 e. The van der Waals surface area contributed by atoms with E-state index in [2.05, 4.69) is 21.2 Å². The quantitative estimate of drug-likeness (QED) is 0.641. The molecule has 1 aromatic rings. The Bertz CT molecular complexity index is 423. The Morgan fingerprint density at radius 2 is 2.20 bits per heavy atom. The van der Waals surface area contributed by atoms with Crippen LogP contribution in [0.1, 0.15) is 19.3 Å². The number of benzene rings is 1. The van der Waals surface area contributed by atoms with Crippen LogP contribution in [0.3, 0.4) is 0 Å². The summed E-state index contributed by atoms with van der Waals surface area (Å²) in [6.07, 6.45) is 2.67. The van der Waals surface area contributed by atoms with Crippen LogP contribution in [0.25, 0.3) is 0 Å². The van der Waals surface area contributed by atoms with Crippen molar-refractivity contribution in [2.75, 3.05) is 26.3 Å². The Kier molecular flexibility index (Phi) is 5.84. The molecule has 0 heterocycles. The SMILES string of the molecule is OCCC1(CNCC(O)COc2cccc(Br)c2)CC1. The summed E-state index contributed by atoms with van der Waals surface area (Å²) < 4.78 is 6.49. The largest absolute Gasteiger partial charge is 0.491 e. The minimum Gasteiger partial charge on any atom is -0.491 e. The fourth-order valence-electron chi connectivity index (χ4n) is 2.24. The third-order valence-electron chi connectivity index (χ3n) is 3.72. The van der Waals surface area contributed by atoms with Gasteiger partial charge in [-0.1, -0.05) is 22.0 Å². The first-order valence-electron chi connectivity index (χ1n) is 7.02. The maximum absolute atomic E-state index is 9.88. The monoisotopic (exact) mass is 343 g/mol. The molecular weight excluding hydrogens is 322 g/mol. The molecule has 0 aliphatic heterocycles. The van der Waals surface area contributed by atoms with E-state index in [9.17, 15) is 5.11 Å². The average molecular weight is 344 g/mol. The topological polar surface area (TPSA) is 61.7 Å². The van der Waals surface area contributed by atoms with E-state index < -0.39 is 6.10 Å². The van der Waals surface area contributed by atoms with Crippen LogP contribution in [0.15, 0.2) is 28.7 Å². The third kappa shape index (κ3) is 5.05. The highest BCUT2D eigenvalue weighted by Crippen LogP contribution is 2.47. The van der Waals surface area contributed by atoms with E-state index in [0.717, 1.165) is 23.2 Å². The van der Waals surface area contributed by atoms with Gasteiger partial charge >= 0.3 is 0 Å². The molecular formula is C15H22BrNO3. The van der Waals surface area contributed by atoms with E-state index in [-0.39, 0.29) is 18.6 Å². The molecule has 4 nitrogen and oxygen atoms in total. The van der Waals surface area contributed by atoms with Gasteiger partial charge in [0.05, 0.1) is 0 Å². The predicted octanol–water partition coefficient (Wildman–Crippen LogP) is 1.94. The molecule has 0 bridgehead atoms. The molecule has 20 heavy (non-hydrogen) atoms. The Labute approximate surface area is 128 Å². The van der Waals surface area contributed by atoms with Crippen molar-refractivity contribution in [2.45, 2.75) is 25.4 Å². The fraction of sp³-hybridized carbons (Fsp3) is 0.600. The van der Waals surface area contributed by atoms with Crippen molar-refractivity contribution in [3.63, 3.8) is 0 Å². The number of aliphatic hydroxyl groups is 2. The molecule has 0 spiro atoms. The summed E-state index contributed by atoms with van der Waals surface area (Å²) in [6.45, 7) is 1.90. The van der Waals surface area contributed by atoms with E-state index in [0.29, 0.717) is 6.54 Å². The first-order chi connectivity index (χ1) is 9.63. The van der Waals surface area contributed by atoms with Crippen molar-refractivity contribution >= 4 is 15.9 Å². The summed E-state index contributed by atoms with van der Waals surface area (Å²) in [5.74, 6) is 0.748. The van der Waals surface area contributed by atoms with E-state index >= 15 is 0 Å². The van der Waals surface area contributed by atoms with E-state index in [4.69, 9.17) is 9.84 Å². The van der Waals surface area contributed by atoms with E-state index in [1.165, 1.54) is 12.8 Å². The smallest absolute Gasteiger partial charge is 0.120 e. The molecule has 3 N–H and O–H groups in total. The Morgan fingerprint density at radius 3 is 2.85 bits per heavy atom. The van der Waals surface area contributed by atoms with Gasteiger partial charge in [-0.2, -0.15) is 0 Å². The summed E-state index contributed by atoms with van der Waals surface area (Å²) in [6, 6.07) is 7.57. The van der Waals surface area contributed by atoms with Gasteiger partial charge in [0.15, 0.2) is 0 Å². The van der Waals surface area contributed by atoms with Crippen molar-refractivity contribution in [3.05, 3.63) is 28.7 Å². The van der Waals surface area contributed by atoms with Crippen molar-refractivity contribution in [3.8, 4) is 5.75 Å². The van der Waals surface area contributed by atoms with Gasteiger partial charge in [0.1, 0.15) is 18.5 Å². The van der Waals surface area contributed by atoms with Crippen molar-refractivity contribution in [2.24, 2.45) is 5.41 Å². The predicted molar refractivity (Wildman–Crippen MR) is 81.9 cm³/mol. The molecule has 0 amide bonds. The Hall–Kier alpha value is -0.620. The molecule has 5 heteroatoms. The van der Waals surface area contributed by atoms with Crippen LogP contribution in [0, 0.1) is 5.41 Å². The summed E-state index contributed by atoms with van der Waals surface area (Å²) in [7, 11) is 0. The standard InChI is InChI=1S/C15H22BrNO3/c16-12-2-1-3-14(8-12)20-10-13(19)9-17-11-15(4-5-15)6-7-18/h1-3,8,13,17-19H,4-7,9-11H2. The number of rotatable bonds is 9. The van der Waals surface area contributed by atoms with Gasteiger partial charge in [0.25, 0.3) is 0 Å². The zero-order valence-corrected chi connectivity index (χ0v) is 13.1. The molecule has 0 radical (unpaired) electrons. The lowest BCUT2D eigenvalue weighted by atomic mass is 10.0. The second-order valence-electron chi connectivity index (χ2n) is 5.53. The number of ether oxygens (including phenoxy) is 1. The van der Waals surface area contributed by atoms with Crippen LogP contribution in [-0.4, -0.2) is 42.6 Å². The van der Waals surface area contributed by atoms with Crippen LogP contribution in [-0.2, 0) is 0 Å². The Balaban J connectivity index is 1.62. The van der Waals surface area contributed by atoms with E-state index in [1.807, 2.05) is 24.3 Å². The molecule has 1 aliphatic carbocycles. The van der Waals surface area contributed by atoms with Gasteiger partial charge in [-0.25, -0.2) is 0 Å². The maximum atomic E-state index is 9.88. The number of aliphatic hydroxyl groups excluding tert-OH is 2. The zero-order chi connectivity index (χ0) is 14.4. The molecule has 1 atom stereocenters. The lowest BCUT2D eigenvalue weighted by Crippen LogP contribution is -2.35. The second kappa shape index (κ2) is 7.41. The molecule has 1 saturated carbocycles. The minimum atomic E-state index is -0.529. The second-order valence-corrected chi connectivity index (χ2v) is 6.44. The molecule has 1 aromatic carbocycles. The van der Waals surface area contributed by atoms with Crippen LogP contribution < -0.4 is 10.1 Å². The average Bonchev–Trinajstić information content (AvgIpc) is 3.17. The highest BCUT2D eigenvalue weighted by molar-refractivity contribution is 9.10. The van der Waals surface area contributed by atoms with Crippen LogP contribution >= 0.6 is 15.9 Å². The first kappa shape index (κ1) is 15.8. The van der Waals surface area contributed by atoms with Crippen molar-refractivity contribution < 1.29 is 14.9 Å². The minimum absolute atomic E-state index is 0.246. The zero-order valence-electron chi connectivity index (χ0n) is 11.5. The van der Waals surface area contributed by atoms with Gasteiger partial charge in [0, 0.05) is 24.2 Å². The fourth-order valence-corrected chi connectivity index (χ4v) is 2.62. The molecule has 0 saturated heterocycles. The molecule has 2 rings (SSSR count). The summed E-state index contributed by atoms with van der Waals surface area (Å²) in [5, 5.41) is 22.1. The van der Waals surface area contributed by atoms with Crippen molar-refractivity contribution in [1.29, 1.82) is 0 Å². The first-order valence-corrected chi connectivity index (χ1v) is 7.81. The summed E-state index contributed by atoms with van der Waals surface area (Å²) in [5.41, 5.74) is 0.277. The molecule has 1 unspecified atom stereocenters. The van der Waals surface area contributed by atoms with Crippen LogP contribution in [0.4, 0.5) is 0 Å². The Morgan fingerprint density at radius 1 is 1.40 bits per heavy atom. The van der Waals surface area contributed by atoms with Crippen molar-refractivity contribution in [1.82, 2.24) is 5.32 Å². The van der Waals surface area contributed by atoms with Crippen LogP contribution in [0.2, 0.25) is 0 Å². The highest BCUT2D eigenvalue weighted by Gasteiger charge is 2.41. The lowest BCUT2D eigenvalue weighted by Gasteiger charge is -2.17. The number of hydrogen-bond donors (Lipinski definition) is 3. The van der Waals surface area contributed by atoms with Gasteiger partial charge in [-0.3, -0.25) is 0 Å². The number of nitrogens with one attached hydrogen (secondary N) is 1. The van der Waals surface area contributed by atoms with Crippen LogP contribution in [0.5, 0.6) is 5.75 Å². The van der Waals surface area contributed by atoms with E-state index in [1.54, 1.807) is 0 Å². The molecule has 1 aliphatic rings. The molecule has 112 valence electrons. The third-order valence-corrected chi connectivity index (χ3v) is 4.21. The molecule has 0 aromatic heterocycles. The van der Waals surface area contributed by atoms with Gasteiger partial charge in [0.2, 0.25) is 0 Å². The number of hydrogen-bond acceptors (Lipinski definition) is 4.